The maximum atomic E-state index is 4.47. The molecule has 1 aliphatic rings. The first kappa shape index (κ1) is 10.2. The number of thioether (sulfide) groups is 1. The molecule has 0 aromatic heterocycles. The van der Waals surface area contributed by atoms with Crippen LogP contribution in [0.1, 0.15) is 23.3 Å². The monoisotopic (exact) mass is 269 g/mol. The summed E-state index contributed by atoms with van der Waals surface area (Å²) < 4.78 is 1.02. The summed E-state index contributed by atoms with van der Waals surface area (Å²) in [5.41, 5.74) is 2.69. The summed E-state index contributed by atoms with van der Waals surface area (Å²) >= 11 is 5.25. The maximum Gasteiger partial charge on any atom is 0.135 e. The summed E-state index contributed by atoms with van der Waals surface area (Å²) in [6, 6.07) is 9.04. The molecular formula is C11H12BrNS. The number of hydrogen-bond acceptors (Lipinski definition) is 2. The zero-order valence-electron chi connectivity index (χ0n) is 8.20. The Morgan fingerprint density at radius 2 is 2.21 bits per heavy atom. The molecular weight excluding hydrogens is 258 g/mol. The molecule has 1 aromatic rings. The molecule has 1 unspecified atom stereocenters. The Kier molecular flexibility index (Phi) is 2.98. The van der Waals surface area contributed by atoms with Gasteiger partial charge in [-0.2, -0.15) is 0 Å². The zero-order valence-corrected chi connectivity index (χ0v) is 10.6. The lowest BCUT2D eigenvalue weighted by molar-refractivity contribution is 0.740. The van der Waals surface area contributed by atoms with Crippen molar-refractivity contribution in [1.82, 2.24) is 0 Å². The van der Waals surface area contributed by atoms with Crippen molar-refractivity contribution in [2.45, 2.75) is 25.1 Å². The molecule has 1 aliphatic heterocycles. The van der Waals surface area contributed by atoms with Gasteiger partial charge in [0.15, 0.2) is 0 Å². The van der Waals surface area contributed by atoms with Crippen LogP contribution in [0.3, 0.4) is 0 Å². The van der Waals surface area contributed by atoms with E-state index in [1.165, 1.54) is 11.1 Å². The Labute approximate surface area is 97.1 Å². The van der Waals surface area contributed by atoms with Gasteiger partial charge in [-0.15, -0.1) is 0 Å². The van der Waals surface area contributed by atoms with E-state index in [0.717, 1.165) is 3.95 Å². The van der Waals surface area contributed by atoms with E-state index in [0.29, 0.717) is 11.3 Å². The number of aliphatic imine (C=N–C) groups is 1. The van der Waals surface area contributed by atoms with Gasteiger partial charge in [0.25, 0.3) is 0 Å². The number of aryl methyl sites for hydroxylation is 1. The minimum Gasteiger partial charge on any atom is -0.267 e. The van der Waals surface area contributed by atoms with Crippen molar-refractivity contribution in [1.29, 1.82) is 0 Å². The fraction of sp³-hybridized carbons (Fsp3) is 0.364. The van der Waals surface area contributed by atoms with E-state index in [9.17, 15) is 0 Å². The lowest BCUT2D eigenvalue weighted by atomic mass is 10.0. The smallest absolute Gasteiger partial charge is 0.135 e. The SMILES string of the molecule is Cc1cccc(C2SC(Br)=N[C@@H]2C)c1. The van der Waals surface area contributed by atoms with Gasteiger partial charge in [-0.1, -0.05) is 41.6 Å². The first-order chi connectivity index (χ1) is 6.66. The third kappa shape index (κ3) is 2.04. The summed E-state index contributed by atoms with van der Waals surface area (Å²) in [5.74, 6) is 0. The van der Waals surface area contributed by atoms with Crippen LogP contribution in [0.4, 0.5) is 0 Å². The second-order valence-electron chi connectivity index (χ2n) is 3.58. The van der Waals surface area contributed by atoms with Crippen LogP contribution in [0, 0.1) is 6.92 Å². The number of nitrogens with zero attached hydrogens (tertiary/aromatic N) is 1. The average Bonchev–Trinajstić information content (AvgIpc) is 2.45. The van der Waals surface area contributed by atoms with Gasteiger partial charge in [0, 0.05) is 0 Å². The van der Waals surface area contributed by atoms with Crippen LogP contribution in [0.25, 0.3) is 0 Å². The molecule has 3 heteroatoms. The predicted octanol–water partition coefficient (Wildman–Crippen LogP) is 3.92. The molecule has 0 saturated heterocycles. The number of hydrogen-bond donors (Lipinski definition) is 0. The van der Waals surface area contributed by atoms with Gasteiger partial charge < -0.3 is 0 Å². The fourth-order valence-electron chi connectivity index (χ4n) is 1.66. The molecule has 0 aliphatic carbocycles. The molecule has 0 N–H and O–H groups in total. The molecule has 2 atom stereocenters. The molecule has 0 bridgehead atoms. The fourth-order valence-corrected chi connectivity index (χ4v) is 3.56. The third-order valence-corrected chi connectivity index (χ3v) is 4.32. The largest absolute Gasteiger partial charge is 0.267 e. The Morgan fingerprint density at radius 1 is 1.43 bits per heavy atom. The van der Waals surface area contributed by atoms with Crippen LogP contribution < -0.4 is 0 Å². The van der Waals surface area contributed by atoms with Crippen LogP contribution in [0.5, 0.6) is 0 Å². The lowest BCUT2D eigenvalue weighted by Crippen LogP contribution is -2.04. The quantitative estimate of drug-likeness (QED) is 0.753. The molecule has 1 nitrogen and oxygen atoms in total. The number of halogens is 1. The van der Waals surface area contributed by atoms with Crippen molar-refractivity contribution in [3.8, 4) is 0 Å². The second kappa shape index (κ2) is 4.07. The van der Waals surface area contributed by atoms with Crippen molar-refractivity contribution in [3.63, 3.8) is 0 Å². The van der Waals surface area contributed by atoms with Gasteiger partial charge in [-0.3, -0.25) is 4.99 Å². The van der Waals surface area contributed by atoms with E-state index in [-0.39, 0.29) is 0 Å². The first-order valence-corrected chi connectivity index (χ1v) is 6.30. The van der Waals surface area contributed by atoms with Gasteiger partial charge in [0.2, 0.25) is 0 Å². The topological polar surface area (TPSA) is 12.4 Å². The van der Waals surface area contributed by atoms with E-state index in [1.807, 2.05) is 0 Å². The highest BCUT2D eigenvalue weighted by atomic mass is 79.9. The Morgan fingerprint density at radius 3 is 2.79 bits per heavy atom. The molecule has 0 spiro atoms. The summed E-state index contributed by atoms with van der Waals surface area (Å²) in [4.78, 5) is 4.47. The molecule has 0 amide bonds. The van der Waals surface area contributed by atoms with Crippen LogP contribution in [-0.2, 0) is 0 Å². The normalized spacial score (nSPS) is 26.4. The maximum absolute atomic E-state index is 4.47. The van der Waals surface area contributed by atoms with Crippen LogP contribution in [-0.4, -0.2) is 9.99 Å². The molecule has 0 radical (unpaired) electrons. The Hall–Kier alpha value is -0.280. The summed E-state index contributed by atoms with van der Waals surface area (Å²) in [6.07, 6.45) is 0. The first-order valence-electron chi connectivity index (χ1n) is 4.63. The highest BCUT2D eigenvalue weighted by Gasteiger charge is 2.26. The lowest BCUT2D eigenvalue weighted by Gasteiger charge is -2.13. The van der Waals surface area contributed by atoms with Gasteiger partial charge in [0.1, 0.15) is 3.95 Å². The third-order valence-electron chi connectivity index (χ3n) is 2.34. The van der Waals surface area contributed by atoms with Crippen molar-refractivity contribution in [2.24, 2.45) is 4.99 Å². The van der Waals surface area contributed by atoms with Crippen molar-refractivity contribution >= 4 is 31.6 Å². The molecule has 14 heavy (non-hydrogen) atoms. The molecule has 1 heterocycles. The molecule has 0 fully saturated rings. The highest BCUT2D eigenvalue weighted by molar-refractivity contribution is 9.22. The van der Waals surface area contributed by atoms with E-state index in [4.69, 9.17) is 0 Å². The zero-order chi connectivity index (χ0) is 10.1. The number of rotatable bonds is 1. The van der Waals surface area contributed by atoms with Gasteiger partial charge in [-0.05, 0) is 35.3 Å². The summed E-state index contributed by atoms with van der Waals surface area (Å²) in [5, 5.41) is 0.476. The minimum absolute atomic E-state index is 0.371. The van der Waals surface area contributed by atoms with E-state index in [2.05, 4.69) is 59.0 Å². The average molecular weight is 270 g/mol. The van der Waals surface area contributed by atoms with Crippen LogP contribution in [0.2, 0.25) is 0 Å². The molecule has 1 aromatic carbocycles. The Bertz CT molecular complexity index is 375. The van der Waals surface area contributed by atoms with Gasteiger partial charge in [-0.25, -0.2) is 0 Å². The standard InChI is InChI=1S/C11H12BrNS/c1-7-4-3-5-9(6-7)10-8(2)13-11(12)14-10/h3-6,8,10H,1-2H3/t8-,10?/m1/s1. The van der Waals surface area contributed by atoms with Crippen LogP contribution in [0.15, 0.2) is 29.3 Å². The van der Waals surface area contributed by atoms with Crippen molar-refractivity contribution in [3.05, 3.63) is 35.4 Å². The predicted molar refractivity (Wildman–Crippen MR) is 67.3 cm³/mol. The summed E-state index contributed by atoms with van der Waals surface area (Å²) in [6.45, 7) is 4.29. The van der Waals surface area contributed by atoms with Gasteiger partial charge >= 0.3 is 0 Å². The summed E-state index contributed by atoms with van der Waals surface area (Å²) in [7, 11) is 0. The number of benzene rings is 1. The second-order valence-corrected chi connectivity index (χ2v) is 5.98. The van der Waals surface area contributed by atoms with E-state index < -0.39 is 0 Å². The van der Waals surface area contributed by atoms with Crippen molar-refractivity contribution in [2.75, 3.05) is 0 Å². The molecule has 0 saturated carbocycles. The van der Waals surface area contributed by atoms with Crippen molar-refractivity contribution < 1.29 is 0 Å². The minimum atomic E-state index is 0.371. The van der Waals surface area contributed by atoms with E-state index >= 15 is 0 Å². The Balaban J connectivity index is 2.25. The van der Waals surface area contributed by atoms with Gasteiger partial charge in [0.05, 0.1) is 11.3 Å². The molecule has 74 valence electrons. The highest BCUT2D eigenvalue weighted by Crippen LogP contribution is 2.41. The molecule has 2 rings (SSSR count). The van der Waals surface area contributed by atoms with E-state index in [1.54, 1.807) is 11.8 Å². The van der Waals surface area contributed by atoms with Crippen LogP contribution >= 0.6 is 27.7 Å².